The highest BCUT2D eigenvalue weighted by Gasteiger charge is 2.25. The van der Waals surface area contributed by atoms with E-state index in [9.17, 15) is 20.3 Å². The summed E-state index contributed by atoms with van der Waals surface area (Å²) in [5.41, 5.74) is 8.67. The molecule has 1 aliphatic rings. The Balaban J connectivity index is 1.69. The predicted molar refractivity (Wildman–Crippen MR) is 128 cm³/mol. The van der Waals surface area contributed by atoms with Crippen LogP contribution < -0.4 is 5.73 Å². The summed E-state index contributed by atoms with van der Waals surface area (Å²) in [4.78, 5) is 14.2. The number of carbonyl (C=O) groups is 1. The van der Waals surface area contributed by atoms with Crippen LogP contribution in [0.4, 0.5) is 0 Å². The molecule has 0 radical (unpaired) electrons. The Morgan fingerprint density at radius 2 is 1.86 bits per heavy atom. The van der Waals surface area contributed by atoms with Crippen LogP contribution in [0.2, 0.25) is 0 Å². The molecule has 1 amide bonds. The molecule has 1 aliphatic heterocycles. The third-order valence-electron chi connectivity index (χ3n) is 6.25. The van der Waals surface area contributed by atoms with Crippen LogP contribution >= 0.6 is 0 Å². The molecule has 182 valence electrons. The number of nitriles is 1. The van der Waals surface area contributed by atoms with Crippen LogP contribution in [0.1, 0.15) is 58.7 Å². The van der Waals surface area contributed by atoms with Crippen molar-refractivity contribution in [1.82, 2.24) is 10.1 Å². The molecule has 0 saturated carbocycles. The Labute approximate surface area is 203 Å². The molecular weight excluding hydrogens is 448 g/mol. The van der Waals surface area contributed by atoms with Gasteiger partial charge >= 0.3 is 0 Å². The minimum Gasteiger partial charge on any atom is -0.508 e. The van der Waals surface area contributed by atoms with Crippen molar-refractivity contribution in [3.05, 3.63) is 64.5 Å². The molecule has 1 aromatic heterocycles. The second-order valence-corrected chi connectivity index (χ2v) is 8.87. The van der Waals surface area contributed by atoms with E-state index in [0.29, 0.717) is 54.3 Å². The number of aromatic nitrogens is 1. The molecule has 9 heteroatoms. The minimum atomic E-state index is -0.736. The summed E-state index contributed by atoms with van der Waals surface area (Å²) in [5.74, 6) is -0.420. The first-order valence-corrected chi connectivity index (χ1v) is 11.4. The largest absolute Gasteiger partial charge is 0.508 e. The Bertz CT molecular complexity index is 1250. The van der Waals surface area contributed by atoms with Crippen molar-refractivity contribution < 1.29 is 24.3 Å². The molecule has 9 nitrogen and oxygen atoms in total. The maximum Gasteiger partial charge on any atom is 0.271 e. The Morgan fingerprint density at radius 1 is 1.17 bits per heavy atom. The molecule has 35 heavy (non-hydrogen) atoms. The normalized spacial score (nSPS) is 15.1. The van der Waals surface area contributed by atoms with Gasteiger partial charge in [0, 0.05) is 31.1 Å². The molecule has 1 fully saturated rings. The first kappa shape index (κ1) is 24.3. The van der Waals surface area contributed by atoms with Crippen LogP contribution in [0, 0.1) is 11.3 Å². The second kappa shape index (κ2) is 10.2. The fourth-order valence-corrected chi connectivity index (χ4v) is 4.36. The van der Waals surface area contributed by atoms with Gasteiger partial charge in [-0.25, -0.2) is 0 Å². The highest BCUT2D eigenvalue weighted by Crippen LogP contribution is 2.36. The fraction of sp³-hybridized carbons (Fsp3) is 0.346. The van der Waals surface area contributed by atoms with Crippen molar-refractivity contribution in [3.8, 4) is 28.7 Å². The lowest BCUT2D eigenvalue weighted by molar-refractivity contribution is 0.0266. The van der Waals surface area contributed by atoms with E-state index >= 15 is 0 Å². The molecule has 1 atom stereocenters. The van der Waals surface area contributed by atoms with Crippen LogP contribution in [0.25, 0.3) is 11.1 Å². The molecule has 3 aromatic rings. The molecular formula is C26H28N4O5. The highest BCUT2D eigenvalue weighted by atomic mass is 16.5. The van der Waals surface area contributed by atoms with Crippen LogP contribution in [-0.4, -0.2) is 52.5 Å². The summed E-state index contributed by atoms with van der Waals surface area (Å²) < 4.78 is 10.9. The Morgan fingerprint density at radius 3 is 2.46 bits per heavy atom. The lowest BCUT2D eigenvalue weighted by Gasteiger charge is -2.30. The lowest BCUT2D eigenvalue weighted by Crippen LogP contribution is -2.38. The van der Waals surface area contributed by atoms with Crippen molar-refractivity contribution in [3.63, 3.8) is 0 Å². The highest BCUT2D eigenvalue weighted by molar-refractivity contribution is 5.98. The zero-order valence-corrected chi connectivity index (χ0v) is 19.7. The minimum absolute atomic E-state index is 0.0137. The quantitative estimate of drug-likeness (QED) is 0.470. The molecule has 0 spiro atoms. The van der Waals surface area contributed by atoms with Crippen molar-refractivity contribution in [2.45, 2.75) is 32.2 Å². The Hall–Kier alpha value is -3.87. The van der Waals surface area contributed by atoms with E-state index in [1.165, 1.54) is 6.07 Å². The SMILES string of the molecule is CC(C)c1cc(Cc2onc(C(N)=O)c2-c2ccc(C(C#N)N3CCOCC3)cc2)c(O)cc1O. The first-order chi connectivity index (χ1) is 16.8. The fourth-order valence-electron chi connectivity index (χ4n) is 4.36. The number of carbonyl (C=O) groups excluding carboxylic acids is 1. The number of hydrogen-bond acceptors (Lipinski definition) is 8. The van der Waals surface area contributed by atoms with Crippen LogP contribution in [0.5, 0.6) is 11.5 Å². The summed E-state index contributed by atoms with van der Waals surface area (Å²) in [7, 11) is 0. The average molecular weight is 477 g/mol. The van der Waals surface area contributed by atoms with E-state index < -0.39 is 11.9 Å². The van der Waals surface area contributed by atoms with E-state index in [-0.39, 0.29) is 29.5 Å². The first-order valence-electron chi connectivity index (χ1n) is 11.4. The molecule has 2 aromatic carbocycles. The number of hydrogen-bond donors (Lipinski definition) is 3. The maximum atomic E-state index is 12.1. The van der Waals surface area contributed by atoms with Gasteiger partial charge in [-0.3, -0.25) is 9.69 Å². The van der Waals surface area contributed by atoms with Gasteiger partial charge in [-0.1, -0.05) is 43.3 Å². The van der Waals surface area contributed by atoms with Gasteiger partial charge < -0.3 is 25.2 Å². The predicted octanol–water partition coefficient (Wildman–Crippen LogP) is 3.46. The zero-order chi connectivity index (χ0) is 25.1. The third kappa shape index (κ3) is 4.99. The average Bonchev–Trinajstić information content (AvgIpc) is 3.26. The van der Waals surface area contributed by atoms with E-state index in [1.807, 2.05) is 26.0 Å². The zero-order valence-electron chi connectivity index (χ0n) is 19.7. The van der Waals surface area contributed by atoms with Gasteiger partial charge in [-0.2, -0.15) is 5.26 Å². The number of aromatic hydroxyl groups is 2. The monoisotopic (exact) mass is 476 g/mol. The smallest absolute Gasteiger partial charge is 0.271 e. The number of phenols is 2. The molecule has 0 bridgehead atoms. The number of ether oxygens (including phenoxy) is 1. The topological polar surface area (TPSA) is 146 Å². The van der Waals surface area contributed by atoms with Gasteiger partial charge in [0.25, 0.3) is 5.91 Å². The molecule has 1 unspecified atom stereocenters. The third-order valence-corrected chi connectivity index (χ3v) is 6.25. The number of primary amides is 1. The molecule has 1 saturated heterocycles. The van der Waals surface area contributed by atoms with Crippen molar-refractivity contribution in [2.24, 2.45) is 5.73 Å². The van der Waals surface area contributed by atoms with E-state index in [0.717, 1.165) is 5.56 Å². The van der Waals surface area contributed by atoms with Gasteiger partial charge in [0.05, 0.1) is 24.8 Å². The van der Waals surface area contributed by atoms with E-state index in [4.69, 9.17) is 15.0 Å². The van der Waals surface area contributed by atoms with Crippen LogP contribution in [-0.2, 0) is 11.2 Å². The number of rotatable bonds is 7. The second-order valence-electron chi connectivity index (χ2n) is 8.87. The van der Waals surface area contributed by atoms with Gasteiger partial charge in [0.1, 0.15) is 23.3 Å². The number of nitrogens with two attached hydrogens (primary N) is 1. The standard InChI is InChI=1S/C26H28N4O5/c1-15(2)19-11-18(21(31)13-22(19)32)12-23-24(25(26(28)33)29-35-23)17-5-3-16(4-6-17)20(14-27)30-7-9-34-10-8-30/h3-6,11,13,15,20,31-32H,7-10,12H2,1-2H3,(H2,28,33). The summed E-state index contributed by atoms with van der Waals surface area (Å²) in [6.07, 6.45) is 0.137. The number of benzene rings is 2. The van der Waals surface area contributed by atoms with Gasteiger partial charge in [-0.05, 0) is 28.7 Å². The number of morpholine rings is 1. The summed E-state index contributed by atoms with van der Waals surface area (Å²) in [6, 6.07) is 12.3. The number of phenolic OH excluding ortho intramolecular Hbond substituents is 2. The van der Waals surface area contributed by atoms with Gasteiger partial charge in [-0.15, -0.1) is 0 Å². The maximum absolute atomic E-state index is 12.1. The van der Waals surface area contributed by atoms with Gasteiger partial charge in [0.2, 0.25) is 0 Å². The van der Waals surface area contributed by atoms with Crippen molar-refractivity contribution >= 4 is 5.91 Å². The molecule has 2 heterocycles. The number of amides is 1. The van der Waals surface area contributed by atoms with E-state index in [2.05, 4.69) is 16.1 Å². The van der Waals surface area contributed by atoms with Gasteiger partial charge in [0.15, 0.2) is 5.69 Å². The molecule has 0 aliphatic carbocycles. The molecule has 4 rings (SSSR count). The van der Waals surface area contributed by atoms with E-state index in [1.54, 1.807) is 18.2 Å². The Kier molecular flexibility index (Phi) is 7.05. The van der Waals surface area contributed by atoms with Crippen LogP contribution in [0.15, 0.2) is 40.9 Å². The molecule has 4 N–H and O–H groups in total. The van der Waals surface area contributed by atoms with Crippen molar-refractivity contribution in [1.29, 1.82) is 5.26 Å². The summed E-state index contributed by atoms with van der Waals surface area (Å²) >= 11 is 0. The van der Waals surface area contributed by atoms with Crippen molar-refractivity contribution in [2.75, 3.05) is 26.3 Å². The summed E-state index contributed by atoms with van der Waals surface area (Å²) in [5, 5.41) is 34.2. The lowest BCUT2D eigenvalue weighted by atomic mass is 9.94. The van der Waals surface area contributed by atoms with Crippen LogP contribution in [0.3, 0.4) is 0 Å². The summed E-state index contributed by atoms with van der Waals surface area (Å²) in [6.45, 7) is 6.41. The number of nitrogens with zero attached hydrogens (tertiary/aromatic N) is 3.